The topological polar surface area (TPSA) is 263 Å². The number of anilines is 1. The highest BCUT2D eigenvalue weighted by atomic mass is 32.1. The van der Waals surface area contributed by atoms with Crippen molar-refractivity contribution in [3.8, 4) is 0 Å². The Hall–Kier alpha value is -2.48. The molecule has 0 bridgehead atoms. The van der Waals surface area contributed by atoms with Crippen molar-refractivity contribution < 1.29 is 51.6 Å². The quantitative estimate of drug-likeness (QED) is 0.265. The van der Waals surface area contributed by atoms with E-state index in [4.69, 9.17) is 28.6 Å². The van der Waals surface area contributed by atoms with Gasteiger partial charge in [0.1, 0.15) is 47.6 Å². The predicted octanol–water partition coefficient (Wildman–Crippen LogP) is 0.243. The fourth-order valence-electron chi connectivity index (χ4n) is 6.43. The summed E-state index contributed by atoms with van der Waals surface area (Å²) in [5, 5.41) is 14.1. The second-order valence-corrected chi connectivity index (χ2v) is 15.4. The predicted molar refractivity (Wildman–Crippen MR) is 155 cm³/mol. The van der Waals surface area contributed by atoms with Crippen molar-refractivity contribution in [3.05, 3.63) is 11.2 Å². The average molecular weight is 689 g/mol. The maximum Gasteiger partial charge on any atom is 0.472 e. The largest absolute Gasteiger partial charge is 0.472 e. The standard InChI is InChI=1S/C23H30N8O11P2S/c1-9-28-21-16(22(33)29-9)27-8-31(21)10-4-23(2)6-39-44(36,37)41-11-3-12(18-14-15(30-45-18)20(24)26-7-25-14)40-13(11)5-38-43(34,35)42-19(23)17(10)32/h7-8,10-13,16-17,19,21,32H,3-6H2,1-2H3,(H,34,35)(H,36,37)(H2,24,25,26)(H,28,29,33)/t10-,11+,12-,13-,16?,17+,19+,21?,23+/m1/s1. The highest BCUT2D eigenvalue weighted by molar-refractivity contribution is 7.47. The Morgan fingerprint density at radius 2 is 1.93 bits per heavy atom. The molecule has 11 atom stereocenters. The maximum atomic E-state index is 13.3. The summed E-state index contributed by atoms with van der Waals surface area (Å²) in [6, 6.07) is -1.68. The SMILES string of the molecule is CC1=NC2C(N=CN2[C@@H]2C[C@@]3(C)COP(=O)(O)O[C@H]4C[C@H](c5snc6c(N)ncnc56)O[C@@H]4COP(=O)(O)O[C@H]3[C@H]2O)C(=O)N1. The molecule has 45 heavy (non-hydrogen) atoms. The Morgan fingerprint density at radius 1 is 1.16 bits per heavy atom. The van der Waals surface area contributed by atoms with Crippen LogP contribution in [0.5, 0.6) is 0 Å². The summed E-state index contributed by atoms with van der Waals surface area (Å²) in [5.41, 5.74) is 5.39. The number of fused-ring (bicyclic) bond motifs is 4. The van der Waals surface area contributed by atoms with Crippen molar-refractivity contribution in [1.29, 1.82) is 0 Å². The summed E-state index contributed by atoms with van der Waals surface area (Å²) in [6.07, 6.45) is -3.87. The molecule has 244 valence electrons. The molecular formula is C23H30N8O11P2S. The minimum atomic E-state index is -4.88. The molecule has 0 spiro atoms. The van der Waals surface area contributed by atoms with Crippen LogP contribution in [0.25, 0.3) is 11.0 Å². The summed E-state index contributed by atoms with van der Waals surface area (Å²) in [6.45, 7) is 2.10. The van der Waals surface area contributed by atoms with Crippen LogP contribution in [-0.2, 0) is 36.8 Å². The van der Waals surface area contributed by atoms with E-state index in [-0.39, 0.29) is 24.6 Å². The van der Waals surface area contributed by atoms with Gasteiger partial charge in [0.05, 0.1) is 36.6 Å². The number of nitrogens with zero attached hydrogens (tertiary/aromatic N) is 6. The van der Waals surface area contributed by atoms with Crippen molar-refractivity contribution in [2.24, 2.45) is 15.4 Å². The molecule has 0 aromatic carbocycles. The van der Waals surface area contributed by atoms with Crippen molar-refractivity contribution in [2.45, 2.75) is 75.5 Å². The molecule has 6 N–H and O–H groups in total. The summed E-state index contributed by atoms with van der Waals surface area (Å²) in [4.78, 5) is 53.0. The second-order valence-electron chi connectivity index (χ2n) is 11.8. The van der Waals surface area contributed by atoms with E-state index in [1.54, 1.807) is 18.7 Å². The van der Waals surface area contributed by atoms with Crippen LogP contribution in [0.4, 0.5) is 5.82 Å². The van der Waals surface area contributed by atoms with Crippen LogP contribution in [0.15, 0.2) is 16.3 Å². The summed E-state index contributed by atoms with van der Waals surface area (Å²) >= 11 is 1.06. The Bertz CT molecular complexity index is 1690. The van der Waals surface area contributed by atoms with Gasteiger partial charge in [-0.2, -0.15) is 4.37 Å². The summed E-state index contributed by atoms with van der Waals surface area (Å²) in [7, 11) is -9.65. The smallest absolute Gasteiger partial charge is 0.388 e. The van der Waals surface area contributed by atoms with E-state index < -0.39 is 83.0 Å². The third kappa shape index (κ3) is 5.61. The molecule has 2 aromatic heterocycles. The molecule has 3 fully saturated rings. The Balaban J connectivity index is 1.14. The van der Waals surface area contributed by atoms with E-state index in [2.05, 4.69) is 29.6 Å². The van der Waals surface area contributed by atoms with Crippen LogP contribution in [0.1, 0.15) is 37.7 Å². The van der Waals surface area contributed by atoms with Gasteiger partial charge in [-0.25, -0.2) is 24.1 Å². The first-order valence-corrected chi connectivity index (χ1v) is 17.7. The molecule has 6 heterocycles. The molecule has 22 heteroatoms. The third-order valence-electron chi connectivity index (χ3n) is 8.58. The number of carbonyl (C=O) groups is 1. The average Bonchev–Trinajstić information content (AvgIpc) is 3.73. The molecule has 5 aliphatic rings. The van der Waals surface area contributed by atoms with Crippen molar-refractivity contribution in [1.82, 2.24) is 24.6 Å². The number of carbonyl (C=O) groups excluding carboxylic acids is 1. The Labute approximate surface area is 259 Å². The van der Waals surface area contributed by atoms with Gasteiger partial charge < -0.3 is 35.6 Å². The van der Waals surface area contributed by atoms with Gasteiger partial charge in [-0.3, -0.25) is 27.9 Å². The van der Waals surface area contributed by atoms with Gasteiger partial charge in [0.25, 0.3) is 5.91 Å². The van der Waals surface area contributed by atoms with Gasteiger partial charge in [0.2, 0.25) is 0 Å². The van der Waals surface area contributed by atoms with Gasteiger partial charge in [-0.05, 0) is 24.9 Å². The number of hydrogen-bond acceptors (Lipinski definition) is 17. The van der Waals surface area contributed by atoms with Crippen LogP contribution >= 0.6 is 27.2 Å². The number of phosphoric acid groups is 2. The van der Waals surface area contributed by atoms with Crippen LogP contribution in [0.2, 0.25) is 0 Å². The van der Waals surface area contributed by atoms with Crippen LogP contribution in [0, 0.1) is 5.41 Å². The Kier molecular flexibility index (Phi) is 7.65. The number of ether oxygens (including phenoxy) is 1. The molecule has 7 rings (SSSR count). The molecule has 4 aliphatic heterocycles. The number of hydrogen-bond donors (Lipinski definition) is 5. The fraction of sp³-hybridized carbons (Fsp3) is 0.652. The Morgan fingerprint density at radius 3 is 2.73 bits per heavy atom. The zero-order valence-electron chi connectivity index (χ0n) is 23.8. The lowest BCUT2D eigenvalue weighted by atomic mass is 9.87. The number of amidine groups is 1. The van der Waals surface area contributed by atoms with E-state index in [1.165, 1.54) is 12.7 Å². The normalized spacial score (nSPS) is 43.6. The van der Waals surface area contributed by atoms with E-state index in [0.717, 1.165) is 11.5 Å². The number of nitrogen functional groups attached to an aromatic ring is 1. The number of amides is 1. The minimum Gasteiger partial charge on any atom is -0.388 e. The molecule has 0 radical (unpaired) electrons. The van der Waals surface area contributed by atoms with Gasteiger partial charge in [0, 0.05) is 11.8 Å². The molecule has 2 saturated heterocycles. The number of rotatable bonds is 2. The fourth-order valence-corrected chi connectivity index (χ4v) is 9.45. The van der Waals surface area contributed by atoms with Gasteiger partial charge in [0.15, 0.2) is 18.0 Å². The molecule has 4 unspecified atom stereocenters. The van der Waals surface area contributed by atoms with Gasteiger partial charge in [-0.1, -0.05) is 6.92 Å². The number of aromatic nitrogens is 3. The third-order valence-corrected chi connectivity index (χ3v) is 11.5. The number of phosphoric ester groups is 2. The first-order valence-electron chi connectivity index (χ1n) is 13.9. The van der Waals surface area contributed by atoms with E-state index in [1.807, 2.05) is 0 Å². The van der Waals surface area contributed by atoms with Gasteiger partial charge >= 0.3 is 15.6 Å². The van der Waals surface area contributed by atoms with Crippen LogP contribution < -0.4 is 11.1 Å². The lowest BCUT2D eigenvalue weighted by Gasteiger charge is -2.34. The number of aliphatic hydroxyl groups excluding tert-OH is 1. The molecule has 2 aromatic rings. The number of aliphatic hydroxyl groups is 1. The van der Waals surface area contributed by atoms with E-state index >= 15 is 0 Å². The summed E-state index contributed by atoms with van der Waals surface area (Å²) in [5.74, 6) is 0.174. The van der Waals surface area contributed by atoms with Crippen molar-refractivity contribution in [3.63, 3.8) is 0 Å². The highest BCUT2D eigenvalue weighted by Crippen LogP contribution is 2.57. The van der Waals surface area contributed by atoms with Crippen molar-refractivity contribution >= 4 is 62.1 Å². The van der Waals surface area contributed by atoms with E-state index in [9.17, 15) is 28.8 Å². The number of nitrogens with one attached hydrogen (secondary N) is 1. The van der Waals surface area contributed by atoms with E-state index in [0.29, 0.717) is 21.7 Å². The molecule has 1 aliphatic carbocycles. The molecule has 1 amide bonds. The highest BCUT2D eigenvalue weighted by Gasteiger charge is 2.59. The lowest BCUT2D eigenvalue weighted by molar-refractivity contribution is -0.122. The first kappa shape index (κ1) is 31.1. The molecule has 1 saturated carbocycles. The van der Waals surface area contributed by atoms with Crippen molar-refractivity contribution in [2.75, 3.05) is 18.9 Å². The monoisotopic (exact) mass is 688 g/mol. The van der Waals surface area contributed by atoms with Crippen LogP contribution in [-0.4, -0.2) is 108 Å². The van der Waals surface area contributed by atoms with Gasteiger partial charge in [-0.15, -0.1) is 0 Å². The zero-order valence-corrected chi connectivity index (χ0v) is 26.4. The molecule has 19 nitrogen and oxygen atoms in total. The number of aliphatic imine (C=N–C) groups is 2. The zero-order chi connectivity index (χ0) is 31.9. The summed E-state index contributed by atoms with van der Waals surface area (Å²) < 4.78 is 58.8. The second kappa shape index (κ2) is 11.1. The minimum absolute atomic E-state index is 0.0325. The number of nitrogens with two attached hydrogens (primary N) is 1. The first-order chi connectivity index (χ1) is 21.2. The lowest BCUT2D eigenvalue weighted by Crippen LogP contribution is -2.54. The molecular weight excluding hydrogens is 658 g/mol. The van der Waals surface area contributed by atoms with Crippen LogP contribution in [0.3, 0.4) is 0 Å². The maximum absolute atomic E-state index is 13.3.